The van der Waals surface area contributed by atoms with Crippen LogP contribution in [0.1, 0.15) is 32.4 Å². The number of rotatable bonds is 3. The van der Waals surface area contributed by atoms with E-state index in [1.54, 1.807) is 0 Å². The molecule has 1 aromatic carbocycles. The zero-order chi connectivity index (χ0) is 12.4. The molecule has 16 heavy (non-hydrogen) atoms. The van der Waals surface area contributed by atoms with E-state index in [0.717, 1.165) is 11.8 Å². The van der Waals surface area contributed by atoms with Crippen LogP contribution in [0.4, 0.5) is 0 Å². The van der Waals surface area contributed by atoms with Crippen molar-refractivity contribution in [3.05, 3.63) is 35.9 Å². The lowest BCUT2D eigenvalue weighted by Gasteiger charge is -2.29. The average molecular weight is 242 g/mol. The number of hydrogen-bond donors (Lipinski definition) is 0. The zero-order valence-corrected chi connectivity index (χ0v) is 10.9. The molecular weight excluding hydrogens is 224 g/mol. The van der Waals surface area contributed by atoms with Crippen molar-refractivity contribution in [3.8, 4) is 0 Å². The summed E-state index contributed by atoms with van der Waals surface area (Å²) >= 11 is 0. The summed E-state index contributed by atoms with van der Waals surface area (Å²) in [7, 11) is -3.45. The quantitative estimate of drug-likeness (QED) is 0.765. The highest BCUT2D eigenvalue weighted by atomic mass is 32.2. The van der Waals surface area contributed by atoms with E-state index in [0.29, 0.717) is 0 Å². The van der Waals surface area contributed by atoms with Crippen molar-refractivity contribution in [2.75, 3.05) is 6.26 Å². The lowest BCUT2D eigenvalue weighted by Crippen LogP contribution is -2.23. The topological polar surface area (TPSA) is 43.4 Å². The number of benzene rings is 1. The molecule has 4 heteroatoms. The Balaban J connectivity index is 3.08. The standard InChI is InChI=1S/C12H18O3S/c1-12(2,3)11(15-16(4,13)14)10-8-6-5-7-9-10/h5-9,11H,1-4H3. The van der Waals surface area contributed by atoms with Crippen molar-refractivity contribution < 1.29 is 12.6 Å². The van der Waals surface area contributed by atoms with Crippen LogP contribution in [-0.2, 0) is 14.3 Å². The van der Waals surface area contributed by atoms with Gasteiger partial charge in [0.05, 0.1) is 6.26 Å². The van der Waals surface area contributed by atoms with Crippen molar-refractivity contribution in [1.82, 2.24) is 0 Å². The minimum atomic E-state index is -3.45. The molecular formula is C12H18O3S. The monoisotopic (exact) mass is 242 g/mol. The van der Waals surface area contributed by atoms with Crippen LogP contribution in [0.5, 0.6) is 0 Å². The molecule has 0 bridgehead atoms. The van der Waals surface area contributed by atoms with Gasteiger partial charge in [0.15, 0.2) is 0 Å². The maximum atomic E-state index is 11.2. The van der Waals surface area contributed by atoms with E-state index in [9.17, 15) is 8.42 Å². The Bertz CT molecular complexity index is 429. The van der Waals surface area contributed by atoms with Crippen molar-refractivity contribution in [1.29, 1.82) is 0 Å². The van der Waals surface area contributed by atoms with E-state index >= 15 is 0 Å². The summed E-state index contributed by atoms with van der Waals surface area (Å²) in [5, 5.41) is 0. The first-order valence-corrected chi connectivity index (χ1v) is 6.95. The molecule has 0 aliphatic heterocycles. The molecule has 0 aromatic heterocycles. The van der Waals surface area contributed by atoms with Gasteiger partial charge < -0.3 is 0 Å². The maximum absolute atomic E-state index is 11.2. The van der Waals surface area contributed by atoms with Gasteiger partial charge in [0, 0.05) is 0 Å². The van der Waals surface area contributed by atoms with E-state index < -0.39 is 16.2 Å². The minimum absolute atomic E-state index is 0.273. The Morgan fingerprint density at radius 1 is 1.12 bits per heavy atom. The molecule has 1 atom stereocenters. The average Bonchev–Trinajstić information content (AvgIpc) is 2.13. The molecule has 3 nitrogen and oxygen atoms in total. The van der Waals surface area contributed by atoms with Gasteiger partial charge in [-0.25, -0.2) is 0 Å². The Hall–Kier alpha value is -0.870. The first-order valence-electron chi connectivity index (χ1n) is 5.13. The van der Waals surface area contributed by atoms with Crippen molar-refractivity contribution in [2.24, 2.45) is 5.41 Å². The van der Waals surface area contributed by atoms with Crippen molar-refractivity contribution in [2.45, 2.75) is 26.9 Å². The normalized spacial score (nSPS) is 14.8. The molecule has 1 rings (SSSR count). The van der Waals surface area contributed by atoms with Gasteiger partial charge in [-0.15, -0.1) is 0 Å². The SMILES string of the molecule is CC(C)(C)C(OS(C)(=O)=O)c1ccccc1. The molecule has 0 heterocycles. The molecule has 1 aromatic rings. The summed E-state index contributed by atoms with van der Waals surface area (Å²) in [4.78, 5) is 0. The summed E-state index contributed by atoms with van der Waals surface area (Å²) in [6, 6.07) is 9.39. The first kappa shape index (κ1) is 13.2. The van der Waals surface area contributed by atoms with Crippen LogP contribution >= 0.6 is 0 Å². The van der Waals surface area contributed by atoms with Crippen LogP contribution in [0.2, 0.25) is 0 Å². The van der Waals surface area contributed by atoms with Crippen LogP contribution < -0.4 is 0 Å². The van der Waals surface area contributed by atoms with Crippen LogP contribution in [0, 0.1) is 5.41 Å². The summed E-state index contributed by atoms with van der Waals surface area (Å²) in [6.07, 6.45) is 0.623. The van der Waals surface area contributed by atoms with E-state index in [-0.39, 0.29) is 5.41 Å². The molecule has 0 radical (unpaired) electrons. The highest BCUT2D eigenvalue weighted by molar-refractivity contribution is 7.86. The first-order chi connectivity index (χ1) is 7.20. The van der Waals surface area contributed by atoms with Crippen LogP contribution in [-0.4, -0.2) is 14.7 Å². The lowest BCUT2D eigenvalue weighted by atomic mass is 9.85. The van der Waals surface area contributed by atoms with E-state index in [1.807, 2.05) is 51.1 Å². The maximum Gasteiger partial charge on any atom is 0.264 e. The van der Waals surface area contributed by atoms with Gasteiger partial charge >= 0.3 is 0 Å². The third-order valence-electron chi connectivity index (χ3n) is 2.16. The van der Waals surface area contributed by atoms with Crippen LogP contribution in [0.25, 0.3) is 0 Å². The number of hydrogen-bond acceptors (Lipinski definition) is 3. The molecule has 0 aliphatic rings. The van der Waals surface area contributed by atoms with Gasteiger partial charge in [0.25, 0.3) is 10.1 Å². The fourth-order valence-electron chi connectivity index (χ4n) is 1.50. The van der Waals surface area contributed by atoms with Gasteiger partial charge in [-0.2, -0.15) is 8.42 Å². The molecule has 0 fully saturated rings. The molecule has 0 N–H and O–H groups in total. The van der Waals surface area contributed by atoms with Crippen molar-refractivity contribution in [3.63, 3.8) is 0 Å². The van der Waals surface area contributed by atoms with E-state index in [1.165, 1.54) is 0 Å². The molecule has 0 saturated heterocycles. The fraction of sp³-hybridized carbons (Fsp3) is 0.500. The summed E-state index contributed by atoms with van der Waals surface area (Å²) in [6.45, 7) is 5.86. The van der Waals surface area contributed by atoms with E-state index in [2.05, 4.69) is 0 Å². The molecule has 0 amide bonds. The third-order valence-corrected chi connectivity index (χ3v) is 2.70. The molecule has 90 valence electrons. The summed E-state index contributed by atoms with van der Waals surface area (Å²) in [5.41, 5.74) is 0.602. The Labute approximate surface area is 97.6 Å². The minimum Gasteiger partial charge on any atom is -0.262 e. The predicted molar refractivity (Wildman–Crippen MR) is 64.6 cm³/mol. The van der Waals surface area contributed by atoms with Gasteiger partial charge in [0.2, 0.25) is 0 Å². The Morgan fingerprint density at radius 2 is 1.62 bits per heavy atom. The molecule has 1 unspecified atom stereocenters. The highest BCUT2D eigenvalue weighted by Crippen LogP contribution is 2.36. The Morgan fingerprint density at radius 3 is 2.00 bits per heavy atom. The molecule has 0 aliphatic carbocycles. The van der Waals surface area contributed by atoms with Gasteiger partial charge in [-0.3, -0.25) is 4.18 Å². The second kappa shape index (κ2) is 4.55. The van der Waals surface area contributed by atoms with Crippen LogP contribution in [0.3, 0.4) is 0 Å². The second-order valence-corrected chi connectivity index (χ2v) is 6.56. The summed E-state index contributed by atoms with van der Waals surface area (Å²) in [5.74, 6) is 0. The summed E-state index contributed by atoms with van der Waals surface area (Å²) < 4.78 is 27.6. The van der Waals surface area contributed by atoms with Gasteiger partial charge in [-0.05, 0) is 11.0 Å². The molecule has 0 spiro atoms. The second-order valence-electron chi connectivity index (χ2n) is 4.96. The van der Waals surface area contributed by atoms with E-state index in [4.69, 9.17) is 4.18 Å². The van der Waals surface area contributed by atoms with Crippen molar-refractivity contribution >= 4 is 10.1 Å². The smallest absolute Gasteiger partial charge is 0.262 e. The lowest BCUT2D eigenvalue weighted by molar-refractivity contribution is 0.0945. The predicted octanol–water partition coefficient (Wildman–Crippen LogP) is 2.75. The molecule has 0 saturated carbocycles. The highest BCUT2D eigenvalue weighted by Gasteiger charge is 2.30. The fourth-order valence-corrected chi connectivity index (χ4v) is 2.25. The third kappa shape index (κ3) is 3.94. The zero-order valence-electron chi connectivity index (χ0n) is 10.1. The van der Waals surface area contributed by atoms with Gasteiger partial charge in [0.1, 0.15) is 6.10 Å². The van der Waals surface area contributed by atoms with Gasteiger partial charge in [-0.1, -0.05) is 51.1 Å². The van der Waals surface area contributed by atoms with Crippen LogP contribution in [0.15, 0.2) is 30.3 Å². The largest absolute Gasteiger partial charge is 0.264 e. The Kier molecular flexibility index (Phi) is 3.76.